The molecule has 5 heteroatoms. The lowest BCUT2D eigenvalue weighted by molar-refractivity contribution is -0.166. The van der Waals surface area contributed by atoms with Gasteiger partial charge in [-0.15, -0.1) is 0 Å². The number of carbonyl (C=O) groups is 3. The molecule has 0 saturated heterocycles. The van der Waals surface area contributed by atoms with Gasteiger partial charge in [0.1, 0.15) is 11.6 Å². The van der Waals surface area contributed by atoms with E-state index < -0.39 is 29.3 Å². The average molecular weight is 303 g/mol. The highest BCUT2D eigenvalue weighted by atomic mass is 16.6. The number of nitrogens with zero attached hydrogens (tertiary/aromatic N) is 1. The Morgan fingerprint density at radius 2 is 1.73 bits per heavy atom. The minimum absolute atomic E-state index is 0.249. The Morgan fingerprint density at radius 3 is 2.27 bits per heavy atom. The molecule has 1 aromatic rings. The van der Waals surface area contributed by atoms with Crippen molar-refractivity contribution < 1.29 is 19.1 Å². The Labute approximate surface area is 130 Å². The van der Waals surface area contributed by atoms with E-state index in [0.717, 1.165) is 11.1 Å². The third kappa shape index (κ3) is 3.53. The maximum absolute atomic E-state index is 12.4. The molecule has 5 nitrogen and oxygen atoms in total. The highest BCUT2D eigenvalue weighted by molar-refractivity contribution is 6.35. The number of benzene rings is 1. The number of carbonyl (C=O) groups excluding carboxylic acids is 3. The summed E-state index contributed by atoms with van der Waals surface area (Å²) in [4.78, 5) is 37.4. The molecule has 1 atom stereocenters. The van der Waals surface area contributed by atoms with Crippen molar-refractivity contribution in [3.05, 3.63) is 35.4 Å². The number of hydrogen-bond acceptors (Lipinski definition) is 4. The van der Waals surface area contributed by atoms with Gasteiger partial charge in [0.2, 0.25) is 5.78 Å². The molecule has 0 radical (unpaired) electrons. The average Bonchev–Trinajstić information content (AvgIpc) is 2.43. The molecule has 0 aromatic heterocycles. The molecular weight excluding hydrogens is 282 g/mol. The molecule has 1 aromatic carbocycles. The van der Waals surface area contributed by atoms with E-state index in [9.17, 15) is 14.4 Å². The largest absolute Gasteiger partial charge is 0.458 e. The van der Waals surface area contributed by atoms with Gasteiger partial charge in [0.15, 0.2) is 0 Å². The van der Waals surface area contributed by atoms with Gasteiger partial charge in [-0.05, 0) is 31.9 Å². The molecule has 1 unspecified atom stereocenters. The molecule has 22 heavy (non-hydrogen) atoms. The predicted molar refractivity (Wildman–Crippen MR) is 81.0 cm³/mol. The Kier molecular flexibility index (Phi) is 4.35. The number of rotatable bonds is 2. The third-order valence-electron chi connectivity index (χ3n) is 3.49. The molecule has 0 fully saturated rings. The minimum atomic E-state index is -0.759. The highest BCUT2D eigenvalue weighted by Crippen LogP contribution is 2.25. The van der Waals surface area contributed by atoms with E-state index in [0.29, 0.717) is 6.42 Å². The first-order valence-electron chi connectivity index (χ1n) is 7.30. The van der Waals surface area contributed by atoms with Crippen molar-refractivity contribution in [3.63, 3.8) is 0 Å². The number of ether oxygens (including phenoxy) is 1. The summed E-state index contributed by atoms with van der Waals surface area (Å²) in [6, 6.07) is 6.85. The fourth-order valence-corrected chi connectivity index (χ4v) is 2.52. The third-order valence-corrected chi connectivity index (χ3v) is 3.49. The van der Waals surface area contributed by atoms with Gasteiger partial charge in [-0.25, -0.2) is 4.79 Å². The SMILES string of the molecule is CC(=O)C(=O)N1Cc2ccccc2CC1C(=O)OC(C)(C)C. The number of esters is 1. The molecule has 0 N–H and O–H groups in total. The van der Waals surface area contributed by atoms with Gasteiger partial charge in [-0.3, -0.25) is 9.59 Å². The number of hydrogen-bond donors (Lipinski definition) is 0. The van der Waals surface area contributed by atoms with Crippen molar-refractivity contribution in [3.8, 4) is 0 Å². The summed E-state index contributed by atoms with van der Waals surface area (Å²) < 4.78 is 5.41. The molecule has 0 spiro atoms. The summed E-state index contributed by atoms with van der Waals surface area (Å²) in [6.45, 7) is 6.80. The summed E-state index contributed by atoms with van der Waals surface area (Å²) in [5.74, 6) is -1.70. The van der Waals surface area contributed by atoms with Crippen molar-refractivity contribution in [1.29, 1.82) is 0 Å². The lowest BCUT2D eigenvalue weighted by atomic mass is 9.93. The van der Waals surface area contributed by atoms with E-state index in [1.807, 2.05) is 24.3 Å². The second-order valence-electron chi connectivity index (χ2n) is 6.51. The first-order chi connectivity index (χ1) is 10.2. The molecule has 1 aliphatic rings. The first-order valence-corrected chi connectivity index (χ1v) is 7.30. The van der Waals surface area contributed by atoms with E-state index in [1.54, 1.807) is 20.8 Å². The van der Waals surface area contributed by atoms with Crippen LogP contribution in [0, 0.1) is 0 Å². The van der Waals surface area contributed by atoms with Gasteiger partial charge in [0.25, 0.3) is 5.91 Å². The van der Waals surface area contributed by atoms with Crippen LogP contribution in [0.4, 0.5) is 0 Å². The van der Waals surface area contributed by atoms with Gasteiger partial charge in [0.05, 0.1) is 0 Å². The van der Waals surface area contributed by atoms with Gasteiger partial charge in [-0.1, -0.05) is 24.3 Å². The maximum atomic E-state index is 12.4. The predicted octanol–water partition coefficient (Wildman–Crippen LogP) is 1.87. The number of ketones is 1. The van der Waals surface area contributed by atoms with Crippen molar-refractivity contribution in [1.82, 2.24) is 4.90 Å². The fraction of sp³-hybridized carbons (Fsp3) is 0.471. The van der Waals surface area contributed by atoms with Gasteiger partial charge in [0, 0.05) is 19.9 Å². The zero-order chi connectivity index (χ0) is 16.5. The summed E-state index contributed by atoms with van der Waals surface area (Å²) >= 11 is 0. The number of Topliss-reactive ketones (excluding diaryl/α,β-unsaturated/α-hetero) is 1. The molecule has 0 aliphatic carbocycles. The quantitative estimate of drug-likeness (QED) is 0.618. The minimum Gasteiger partial charge on any atom is -0.458 e. The van der Waals surface area contributed by atoms with E-state index in [2.05, 4.69) is 0 Å². The molecule has 118 valence electrons. The van der Waals surface area contributed by atoms with Crippen LogP contribution >= 0.6 is 0 Å². The van der Waals surface area contributed by atoms with E-state index >= 15 is 0 Å². The van der Waals surface area contributed by atoms with Gasteiger partial charge in [-0.2, -0.15) is 0 Å². The first kappa shape index (κ1) is 16.2. The Balaban J connectivity index is 2.33. The van der Waals surface area contributed by atoms with Crippen molar-refractivity contribution in [2.45, 2.75) is 52.3 Å². The Bertz CT molecular complexity index is 615. The van der Waals surface area contributed by atoms with Crippen LogP contribution in [0.15, 0.2) is 24.3 Å². The zero-order valence-electron chi connectivity index (χ0n) is 13.4. The van der Waals surface area contributed by atoms with E-state index in [1.165, 1.54) is 11.8 Å². The smallest absolute Gasteiger partial charge is 0.329 e. The second kappa shape index (κ2) is 5.91. The summed E-state index contributed by atoms with van der Waals surface area (Å²) in [5, 5.41) is 0. The Hall–Kier alpha value is -2.17. The standard InChI is InChI=1S/C17H21NO4/c1-11(19)15(20)18-10-13-8-6-5-7-12(13)9-14(18)16(21)22-17(2,3)4/h5-8,14H,9-10H2,1-4H3. The van der Waals surface area contributed by atoms with Crippen LogP contribution in [0.3, 0.4) is 0 Å². The highest BCUT2D eigenvalue weighted by Gasteiger charge is 2.38. The van der Waals surface area contributed by atoms with E-state index in [4.69, 9.17) is 4.74 Å². The summed E-state index contributed by atoms with van der Waals surface area (Å²) in [7, 11) is 0. The number of amides is 1. The molecule has 1 heterocycles. The summed E-state index contributed by atoms with van der Waals surface area (Å²) in [5.41, 5.74) is 1.32. The molecule has 1 amide bonds. The van der Waals surface area contributed by atoms with Crippen LogP contribution < -0.4 is 0 Å². The normalized spacial score (nSPS) is 17.6. The van der Waals surface area contributed by atoms with Crippen LogP contribution in [0.25, 0.3) is 0 Å². The fourth-order valence-electron chi connectivity index (χ4n) is 2.52. The van der Waals surface area contributed by atoms with Crippen molar-refractivity contribution in [2.75, 3.05) is 0 Å². The lowest BCUT2D eigenvalue weighted by Crippen LogP contribution is -2.52. The van der Waals surface area contributed by atoms with Gasteiger partial charge < -0.3 is 9.64 Å². The van der Waals surface area contributed by atoms with Crippen LogP contribution in [0.2, 0.25) is 0 Å². The second-order valence-corrected chi connectivity index (χ2v) is 6.51. The van der Waals surface area contributed by atoms with Crippen LogP contribution in [0.1, 0.15) is 38.8 Å². The molecule has 0 bridgehead atoms. The van der Waals surface area contributed by atoms with Crippen LogP contribution in [-0.2, 0) is 32.1 Å². The number of fused-ring (bicyclic) bond motifs is 1. The topological polar surface area (TPSA) is 63.7 Å². The molecular formula is C17H21NO4. The zero-order valence-corrected chi connectivity index (χ0v) is 13.4. The van der Waals surface area contributed by atoms with Gasteiger partial charge >= 0.3 is 5.97 Å². The van der Waals surface area contributed by atoms with Crippen LogP contribution in [-0.4, -0.2) is 34.2 Å². The Morgan fingerprint density at radius 1 is 1.14 bits per heavy atom. The van der Waals surface area contributed by atoms with Crippen molar-refractivity contribution in [2.24, 2.45) is 0 Å². The molecule has 0 saturated carbocycles. The molecule has 1 aliphatic heterocycles. The van der Waals surface area contributed by atoms with Crippen molar-refractivity contribution >= 4 is 17.7 Å². The monoisotopic (exact) mass is 303 g/mol. The summed E-state index contributed by atoms with van der Waals surface area (Å²) in [6.07, 6.45) is 0.365. The lowest BCUT2D eigenvalue weighted by Gasteiger charge is -2.36. The van der Waals surface area contributed by atoms with E-state index in [-0.39, 0.29) is 6.54 Å². The molecule has 2 rings (SSSR count). The van der Waals surface area contributed by atoms with Crippen LogP contribution in [0.5, 0.6) is 0 Å². The maximum Gasteiger partial charge on any atom is 0.329 e.